The Bertz CT molecular complexity index is 970. The first kappa shape index (κ1) is 20.4. The van der Waals surface area contributed by atoms with Crippen molar-refractivity contribution in [1.82, 2.24) is 4.31 Å². The summed E-state index contributed by atoms with van der Waals surface area (Å²) in [6.07, 6.45) is 0. The molecule has 0 bridgehead atoms. The number of anilines is 1. The van der Waals surface area contributed by atoms with E-state index in [9.17, 15) is 17.6 Å². The second-order valence-electron chi connectivity index (χ2n) is 6.89. The topological polar surface area (TPSA) is 75.7 Å². The van der Waals surface area contributed by atoms with Crippen LogP contribution in [0.25, 0.3) is 0 Å². The highest BCUT2D eigenvalue weighted by Crippen LogP contribution is 2.22. The molecule has 2 aromatic carbocycles. The lowest BCUT2D eigenvalue weighted by atomic mass is 10.0. The van der Waals surface area contributed by atoms with Gasteiger partial charge in [0.25, 0.3) is 5.91 Å². The van der Waals surface area contributed by atoms with E-state index in [0.29, 0.717) is 18.9 Å². The molecule has 1 aliphatic rings. The van der Waals surface area contributed by atoms with Crippen molar-refractivity contribution in [2.75, 3.05) is 31.6 Å². The molecule has 6 nitrogen and oxygen atoms in total. The molecule has 0 saturated carbocycles. The monoisotopic (exact) mass is 406 g/mol. The number of carbonyl (C=O) groups is 1. The lowest BCUT2D eigenvalue weighted by Crippen LogP contribution is -2.40. The molecule has 1 amide bonds. The third-order valence-corrected chi connectivity index (χ3v) is 6.50. The minimum Gasteiger partial charge on any atom is -0.379 e. The zero-order valence-corrected chi connectivity index (χ0v) is 16.6. The molecule has 2 aromatic rings. The Balaban J connectivity index is 1.87. The number of carbonyl (C=O) groups excluding carboxylic acids is 1. The highest BCUT2D eigenvalue weighted by Gasteiger charge is 2.28. The van der Waals surface area contributed by atoms with E-state index in [1.807, 2.05) is 26.0 Å². The van der Waals surface area contributed by atoms with Crippen LogP contribution in [0.5, 0.6) is 0 Å². The number of nitrogens with one attached hydrogen (secondary N) is 1. The fourth-order valence-electron chi connectivity index (χ4n) is 2.95. The smallest absolute Gasteiger partial charge is 0.258 e. The molecule has 0 atom stereocenters. The molecule has 3 rings (SSSR count). The van der Waals surface area contributed by atoms with E-state index in [2.05, 4.69) is 5.32 Å². The predicted molar refractivity (Wildman–Crippen MR) is 104 cm³/mol. The standard InChI is InChI=1S/C20H23FN2O4S/c1-14(2)15-4-3-5-16(12-15)22-20(24)18-13-17(6-7-19(18)21)28(25,26)23-8-10-27-11-9-23/h3-7,12-14H,8-11H2,1-2H3,(H,22,24). The number of amides is 1. The summed E-state index contributed by atoms with van der Waals surface area (Å²) in [5.41, 5.74) is 1.24. The molecule has 0 aliphatic carbocycles. The van der Waals surface area contributed by atoms with Gasteiger partial charge in [-0.1, -0.05) is 26.0 Å². The molecule has 150 valence electrons. The van der Waals surface area contributed by atoms with Gasteiger partial charge in [-0.05, 0) is 41.8 Å². The van der Waals surface area contributed by atoms with E-state index < -0.39 is 21.7 Å². The zero-order chi connectivity index (χ0) is 20.3. The fourth-order valence-corrected chi connectivity index (χ4v) is 4.38. The average molecular weight is 406 g/mol. The molecular weight excluding hydrogens is 383 g/mol. The maximum atomic E-state index is 14.3. The van der Waals surface area contributed by atoms with Crippen LogP contribution in [0.4, 0.5) is 10.1 Å². The van der Waals surface area contributed by atoms with E-state index in [1.54, 1.807) is 12.1 Å². The van der Waals surface area contributed by atoms with Crippen LogP contribution in [-0.4, -0.2) is 44.9 Å². The minimum atomic E-state index is -3.82. The first-order chi connectivity index (χ1) is 13.3. The van der Waals surface area contributed by atoms with Gasteiger partial charge in [-0.2, -0.15) is 4.31 Å². The van der Waals surface area contributed by atoms with Crippen LogP contribution in [0.2, 0.25) is 0 Å². The Labute approximate surface area is 164 Å². The SMILES string of the molecule is CC(C)c1cccc(NC(=O)c2cc(S(=O)(=O)N3CCOCC3)ccc2F)c1. The first-order valence-electron chi connectivity index (χ1n) is 9.08. The van der Waals surface area contributed by atoms with Gasteiger partial charge in [0, 0.05) is 18.8 Å². The molecule has 1 heterocycles. The van der Waals surface area contributed by atoms with Crippen LogP contribution in [0.15, 0.2) is 47.4 Å². The minimum absolute atomic E-state index is 0.114. The normalized spacial score (nSPS) is 15.6. The number of halogens is 1. The van der Waals surface area contributed by atoms with E-state index in [1.165, 1.54) is 10.4 Å². The first-order valence-corrected chi connectivity index (χ1v) is 10.5. The van der Waals surface area contributed by atoms with Gasteiger partial charge in [0.1, 0.15) is 5.82 Å². The van der Waals surface area contributed by atoms with Crippen LogP contribution in [0.3, 0.4) is 0 Å². The fraction of sp³-hybridized carbons (Fsp3) is 0.350. The predicted octanol–water partition coefficient (Wildman–Crippen LogP) is 3.22. The van der Waals surface area contributed by atoms with Crippen molar-refractivity contribution in [2.24, 2.45) is 0 Å². The summed E-state index contributed by atoms with van der Waals surface area (Å²) in [4.78, 5) is 12.5. The van der Waals surface area contributed by atoms with Gasteiger partial charge in [0.2, 0.25) is 10.0 Å². The average Bonchev–Trinajstić information content (AvgIpc) is 2.69. The largest absolute Gasteiger partial charge is 0.379 e. The third-order valence-electron chi connectivity index (χ3n) is 4.60. The van der Waals surface area contributed by atoms with Crippen LogP contribution in [0.1, 0.15) is 35.7 Å². The molecule has 8 heteroatoms. The Morgan fingerprint density at radius 1 is 1.14 bits per heavy atom. The van der Waals surface area contributed by atoms with Crippen molar-refractivity contribution in [3.8, 4) is 0 Å². The highest BCUT2D eigenvalue weighted by molar-refractivity contribution is 7.89. The number of benzene rings is 2. The van der Waals surface area contributed by atoms with E-state index in [4.69, 9.17) is 4.74 Å². The Morgan fingerprint density at radius 3 is 2.54 bits per heavy atom. The van der Waals surface area contributed by atoms with Crippen molar-refractivity contribution in [3.05, 3.63) is 59.4 Å². The summed E-state index contributed by atoms with van der Waals surface area (Å²) in [7, 11) is -3.82. The highest BCUT2D eigenvalue weighted by atomic mass is 32.2. The lowest BCUT2D eigenvalue weighted by Gasteiger charge is -2.26. The summed E-state index contributed by atoms with van der Waals surface area (Å²) < 4.78 is 46.3. The van der Waals surface area contributed by atoms with Crippen molar-refractivity contribution < 1.29 is 22.3 Å². The maximum absolute atomic E-state index is 14.3. The van der Waals surface area contributed by atoms with Crippen molar-refractivity contribution >= 4 is 21.6 Å². The third kappa shape index (κ3) is 4.40. The van der Waals surface area contributed by atoms with Gasteiger partial charge < -0.3 is 10.1 Å². The van der Waals surface area contributed by atoms with Crippen molar-refractivity contribution in [1.29, 1.82) is 0 Å². The summed E-state index contributed by atoms with van der Waals surface area (Å²) in [5.74, 6) is -1.20. The Morgan fingerprint density at radius 2 is 1.86 bits per heavy atom. The maximum Gasteiger partial charge on any atom is 0.258 e. The molecule has 0 radical (unpaired) electrons. The van der Waals surface area contributed by atoms with E-state index in [-0.39, 0.29) is 29.5 Å². The lowest BCUT2D eigenvalue weighted by molar-refractivity contribution is 0.0730. The molecule has 1 saturated heterocycles. The summed E-state index contributed by atoms with van der Waals surface area (Å²) >= 11 is 0. The quantitative estimate of drug-likeness (QED) is 0.827. The van der Waals surface area contributed by atoms with Crippen LogP contribution in [0, 0.1) is 5.82 Å². The summed E-state index contributed by atoms with van der Waals surface area (Å²) in [6.45, 7) is 5.12. The Kier molecular flexibility index (Phi) is 6.12. The second kappa shape index (κ2) is 8.38. The molecule has 0 unspecified atom stereocenters. The number of nitrogens with zero attached hydrogens (tertiary/aromatic N) is 1. The molecule has 0 spiro atoms. The summed E-state index contributed by atoms with van der Waals surface area (Å²) in [5, 5.41) is 2.65. The van der Waals surface area contributed by atoms with Crippen LogP contribution < -0.4 is 5.32 Å². The number of sulfonamides is 1. The van der Waals surface area contributed by atoms with Crippen molar-refractivity contribution in [2.45, 2.75) is 24.7 Å². The number of hydrogen-bond acceptors (Lipinski definition) is 4. The van der Waals surface area contributed by atoms with Crippen LogP contribution >= 0.6 is 0 Å². The van der Waals surface area contributed by atoms with E-state index in [0.717, 1.165) is 17.7 Å². The van der Waals surface area contributed by atoms with Gasteiger partial charge in [-0.3, -0.25) is 4.79 Å². The number of ether oxygens (including phenoxy) is 1. The molecule has 28 heavy (non-hydrogen) atoms. The molecule has 1 fully saturated rings. The second-order valence-corrected chi connectivity index (χ2v) is 8.83. The summed E-state index contributed by atoms with van der Waals surface area (Å²) in [6, 6.07) is 10.5. The van der Waals surface area contributed by atoms with Gasteiger partial charge in [0.15, 0.2) is 0 Å². The number of morpholine rings is 1. The zero-order valence-electron chi connectivity index (χ0n) is 15.8. The molecule has 0 aromatic heterocycles. The van der Waals surface area contributed by atoms with Crippen LogP contribution in [-0.2, 0) is 14.8 Å². The van der Waals surface area contributed by atoms with E-state index >= 15 is 0 Å². The van der Waals surface area contributed by atoms with Gasteiger partial charge in [-0.25, -0.2) is 12.8 Å². The van der Waals surface area contributed by atoms with Gasteiger partial charge in [-0.15, -0.1) is 0 Å². The molecular formula is C20H23FN2O4S. The molecule has 1 aliphatic heterocycles. The Hall–Kier alpha value is -2.29. The van der Waals surface area contributed by atoms with Crippen molar-refractivity contribution in [3.63, 3.8) is 0 Å². The van der Waals surface area contributed by atoms with Gasteiger partial charge in [0.05, 0.1) is 23.7 Å². The number of hydrogen-bond donors (Lipinski definition) is 1. The molecule has 1 N–H and O–H groups in total. The number of rotatable bonds is 5. The van der Waals surface area contributed by atoms with Gasteiger partial charge >= 0.3 is 0 Å².